The summed E-state index contributed by atoms with van der Waals surface area (Å²) in [6.07, 6.45) is 0.558. The second-order valence-electron chi connectivity index (χ2n) is 6.18. The summed E-state index contributed by atoms with van der Waals surface area (Å²) >= 11 is 0. The zero-order valence-corrected chi connectivity index (χ0v) is 14.5. The Morgan fingerprint density at radius 3 is 2.65 bits per heavy atom. The van der Waals surface area contributed by atoms with Crippen molar-refractivity contribution in [2.75, 3.05) is 11.5 Å². The van der Waals surface area contributed by atoms with Crippen LogP contribution in [0.5, 0.6) is 5.75 Å². The third-order valence-electron chi connectivity index (χ3n) is 3.65. The lowest BCUT2D eigenvalue weighted by atomic mass is 10.1. The smallest absolute Gasteiger partial charge is 0.315 e. The Labute approximate surface area is 137 Å². The van der Waals surface area contributed by atoms with Crippen molar-refractivity contribution >= 4 is 15.9 Å². The van der Waals surface area contributed by atoms with Gasteiger partial charge in [0.2, 0.25) is 0 Å². The number of ether oxygens (including phenoxy) is 1. The molecule has 0 saturated carbocycles. The van der Waals surface area contributed by atoms with Gasteiger partial charge in [0.05, 0.1) is 23.7 Å². The maximum Gasteiger partial charge on any atom is 0.315 e. The van der Waals surface area contributed by atoms with Crippen molar-refractivity contribution < 1.29 is 17.9 Å². The summed E-state index contributed by atoms with van der Waals surface area (Å²) in [6, 6.07) is 6.71. The fourth-order valence-electron chi connectivity index (χ4n) is 2.55. The van der Waals surface area contributed by atoms with E-state index in [4.69, 9.17) is 4.74 Å². The van der Waals surface area contributed by atoms with E-state index in [2.05, 4.69) is 10.6 Å². The van der Waals surface area contributed by atoms with E-state index in [0.29, 0.717) is 6.42 Å². The fourth-order valence-corrected chi connectivity index (χ4v) is 4.22. The Morgan fingerprint density at radius 2 is 2.04 bits per heavy atom. The first-order chi connectivity index (χ1) is 10.7. The number of nitrogens with one attached hydrogen (secondary N) is 2. The number of rotatable bonds is 5. The molecule has 0 bridgehead atoms. The van der Waals surface area contributed by atoms with Gasteiger partial charge in [0.25, 0.3) is 0 Å². The summed E-state index contributed by atoms with van der Waals surface area (Å²) in [7, 11) is -3.00. The van der Waals surface area contributed by atoms with Gasteiger partial charge in [-0.2, -0.15) is 0 Å². The van der Waals surface area contributed by atoms with Gasteiger partial charge in [-0.1, -0.05) is 12.1 Å². The molecule has 2 rings (SSSR count). The van der Waals surface area contributed by atoms with E-state index in [1.54, 1.807) is 0 Å². The van der Waals surface area contributed by atoms with Gasteiger partial charge in [-0.25, -0.2) is 13.2 Å². The van der Waals surface area contributed by atoms with Crippen molar-refractivity contribution in [2.45, 2.75) is 45.4 Å². The fraction of sp³-hybridized carbons (Fsp3) is 0.562. The zero-order chi connectivity index (χ0) is 17.0. The Hall–Kier alpha value is -1.76. The quantitative estimate of drug-likeness (QED) is 0.859. The van der Waals surface area contributed by atoms with Crippen LogP contribution in [0.4, 0.5) is 4.79 Å². The molecular weight excluding hydrogens is 316 g/mol. The molecule has 6 nitrogen and oxygen atoms in total. The van der Waals surface area contributed by atoms with Gasteiger partial charge in [0, 0.05) is 6.04 Å². The minimum atomic E-state index is -3.00. The third-order valence-corrected chi connectivity index (χ3v) is 5.41. The molecule has 1 aromatic carbocycles. The molecule has 1 aliphatic rings. The SMILES string of the molecule is CC(C)Oc1cccc([C@H](C)NC(=O)N[C@@H]2CCS(=O)(=O)C2)c1. The highest BCUT2D eigenvalue weighted by atomic mass is 32.2. The monoisotopic (exact) mass is 340 g/mol. The molecule has 2 N–H and O–H groups in total. The van der Waals surface area contributed by atoms with Crippen molar-refractivity contribution in [1.29, 1.82) is 0 Å². The van der Waals surface area contributed by atoms with E-state index in [1.807, 2.05) is 45.0 Å². The van der Waals surface area contributed by atoms with Crippen LogP contribution in [0.1, 0.15) is 38.8 Å². The third kappa shape index (κ3) is 5.42. The minimum Gasteiger partial charge on any atom is -0.491 e. The highest BCUT2D eigenvalue weighted by molar-refractivity contribution is 7.91. The summed E-state index contributed by atoms with van der Waals surface area (Å²) in [5.41, 5.74) is 0.928. The lowest BCUT2D eigenvalue weighted by molar-refractivity contribution is 0.234. The number of sulfone groups is 1. The number of benzene rings is 1. The number of amides is 2. The lowest BCUT2D eigenvalue weighted by Gasteiger charge is -2.18. The average molecular weight is 340 g/mol. The van der Waals surface area contributed by atoms with Crippen molar-refractivity contribution in [3.05, 3.63) is 29.8 Å². The van der Waals surface area contributed by atoms with Crippen LogP contribution in [0.25, 0.3) is 0 Å². The van der Waals surface area contributed by atoms with E-state index in [-0.39, 0.29) is 35.7 Å². The van der Waals surface area contributed by atoms with Gasteiger partial charge in [-0.15, -0.1) is 0 Å². The van der Waals surface area contributed by atoms with Crippen LogP contribution in [0.3, 0.4) is 0 Å². The van der Waals surface area contributed by atoms with Crippen LogP contribution in [0.2, 0.25) is 0 Å². The first kappa shape index (κ1) is 17.6. The van der Waals surface area contributed by atoms with E-state index >= 15 is 0 Å². The zero-order valence-electron chi connectivity index (χ0n) is 13.7. The second kappa shape index (κ2) is 7.21. The molecule has 7 heteroatoms. The summed E-state index contributed by atoms with van der Waals surface area (Å²) in [5.74, 6) is 0.919. The molecule has 0 spiro atoms. The molecule has 1 fully saturated rings. The largest absolute Gasteiger partial charge is 0.491 e. The molecule has 23 heavy (non-hydrogen) atoms. The Morgan fingerprint density at radius 1 is 1.30 bits per heavy atom. The highest BCUT2D eigenvalue weighted by Crippen LogP contribution is 2.20. The van der Waals surface area contributed by atoms with Gasteiger partial charge >= 0.3 is 6.03 Å². The molecule has 2 amide bonds. The first-order valence-electron chi connectivity index (χ1n) is 7.79. The molecule has 1 saturated heterocycles. The predicted octanol–water partition coefficient (Wildman–Crippen LogP) is 2.02. The number of carbonyl (C=O) groups excluding carboxylic acids is 1. The lowest BCUT2D eigenvalue weighted by Crippen LogP contribution is -2.43. The van der Waals surface area contributed by atoms with E-state index in [9.17, 15) is 13.2 Å². The number of carbonyl (C=O) groups is 1. The van der Waals surface area contributed by atoms with Gasteiger partial charge in [-0.05, 0) is 44.9 Å². The van der Waals surface area contributed by atoms with Crippen molar-refractivity contribution in [1.82, 2.24) is 10.6 Å². The van der Waals surface area contributed by atoms with Crippen LogP contribution < -0.4 is 15.4 Å². The van der Waals surface area contributed by atoms with Gasteiger partial charge in [0.1, 0.15) is 5.75 Å². The topological polar surface area (TPSA) is 84.5 Å². The molecule has 1 heterocycles. The molecule has 0 aliphatic carbocycles. The van der Waals surface area contributed by atoms with Crippen LogP contribution in [0, 0.1) is 0 Å². The highest BCUT2D eigenvalue weighted by Gasteiger charge is 2.29. The summed E-state index contributed by atoms with van der Waals surface area (Å²) in [4.78, 5) is 12.0. The van der Waals surface area contributed by atoms with Crippen LogP contribution in [0.15, 0.2) is 24.3 Å². The summed E-state index contributed by atoms with van der Waals surface area (Å²) < 4.78 is 28.5. The molecule has 0 radical (unpaired) electrons. The number of hydrogen-bond donors (Lipinski definition) is 2. The maximum absolute atomic E-state index is 12.0. The minimum absolute atomic E-state index is 0.0204. The molecular formula is C16H24N2O4S. The van der Waals surface area contributed by atoms with Gasteiger partial charge < -0.3 is 15.4 Å². The summed E-state index contributed by atoms with van der Waals surface area (Å²) in [6.45, 7) is 5.79. The molecule has 0 aromatic heterocycles. The van der Waals surface area contributed by atoms with Gasteiger partial charge in [0.15, 0.2) is 9.84 Å². The molecule has 0 unspecified atom stereocenters. The normalized spacial score (nSPS) is 21.0. The Kier molecular flexibility index (Phi) is 5.51. The number of hydrogen-bond acceptors (Lipinski definition) is 4. The molecule has 2 atom stereocenters. The molecule has 1 aromatic rings. The molecule has 1 aliphatic heterocycles. The molecule has 128 valence electrons. The summed E-state index contributed by atoms with van der Waals surface area (Å²) in [5, 5.41) is 5.55. The standard InChI is InChI=1S/C16H24N2O4S/c1-11(2)22-15-6-4-5-13(9-15)12(3)17-16(19)18-14-7-8-23(20,21)10-14/h4-6,9,11-12,14H,7-8,10H2,1-3H3,(H2,17,18,19)/t12-,14+/m0/s1. The maximum atomic E-state index is 12.0. The van der Waals surface area contributed by atoms with Crippen molar-refractivity contribution in [2.24, 2.45) is 0 Å². The predicted molar refractivity (Wildman–Crippen MR) is 89.3 cm³/mol. The van der Waals surface area contributed by atoms with E-state index in [0.717, 1.165) is 11.3 Å². The number of urea groups is 1. The average Bonchev–Trinajstić information content (AvgIpc) is 2.77. The van der Waals surface area contributed by atoms with Gasteiger partial charge in [-0.3, -0.25) is 0 Å². The van der Waals surface area contributed by atoms with Crippen LogP contribution in [-0.4, -0.2) is 38.1 Å². The second-order valence-corrected chi connectivity index (χ2v) is 8.41. The first-order valence-corrected chi connectivity index (χ1v) is 9.61. The van der Waals surface area contributed by atoms with Crippen LogP contribution >= 0.6 is 0 Å². The Bertz CT molecular complexity index is 658. The Balaban J connectivity index is 1.91. The van der Waals surface area contributed by atoms with Crippen molar-refractivity contribution in [3.63, 3.8) is 0 Å². The van der Waals surface area contributed by atoms with Crippen molar-refractivity contribution in [3.8, 4) is 5.75 Å². The van der Waals surface area contributed by atoms with Crippen LogP contribution in [-0.2, 0) is 9.84 Å². The van der Waals surface area contributed by atoms with E-state index < -0.39 is 9.84 Å². The van der Waals surface area contributed by atoms with E-state index in [1.165, 1.54) is 0 Å².